The third kappa shape index (κ3) is 2.07. The first-order valence-corrected chi connectivity index (χ1v) is 5.84. The topological polar surface area (TPSA) is 23.6 Å². The second-order valence-corrected chi connectivity index (χ2v) is 4.76. The van der Waals surface area contributed by atoms with Crippen LogP contribution in [0.1, 0.15) is 19.3 Å². The van der Waals surface area contributed by atoms with Gasteiger partial charge in [0.25, 0.3) is 0 Å². The first-order valence-electron chi connectivity index (χ1n) is 5.84. The van der Waals surface area contributed by atoms with Crippen molar-refractivity contribution >= 4 is 5.91 Å². The van der Waals surface area contributed by atoms with Crippen LogP contribution in [-0.4, -0.2) is 48.4 Å². The van der Waals surface area contributed by atoms with Gasteiger partial charge in [0.1, 0.15) is 0 Å². The molecule has 0 aromatic carbocycles. The van der Waals surface area contributed by atoms with Gasteiger partial charge in [-0.3, -0.25) is 4.79 Å². The van der Waals surface area contributed by atoms with E-state index in [1.807, 2.05) is 4.90 Å². The van der Waals surface area contributed by atoms with Crippen molar-refractivity contribution in [2.75, 3.05) is 26.7 Å². The number of piperidine rings is 2. The number of fused-ring (bicyclic) bond motifs is 1. The Morgan fingerprint density at radius 2 is 2.20 bits per heavy atom. The normalized spacial score (nSPS) is 32.2. The second-order valence-electron chi connectivity index (χ2n) is 4.76. The minimum absolute atomic E-state index is 0.120. The molecule has 0 aromatic heterocycles. The predicted octanol–water partition coefficient (Wildman–Crippen LogP) is 1.12. The number of carbonyl (C=O) groups excluding carboxylic acids is 1. The molecule has 0 spiro atoms. The maximum Gasteiger partial charge on any atom is 0.246 e. The van der Waals surface area contributed by atoms with E-state index in [2.05, 4.69) is 18.5 Å². The largest absolute Gasteiger partial charge is 0.336 e. The van der Waals surface area contributed by atoms with E-state index < -0.39 is 0 Å². The minimum Gasteiger partial charge on any atom is -0.336 e. The highest BCUT2D eigenvalue weighted by atomic mass is 16.2. The smallest absolute Gasteiger partial charge is 0.246 e. The molecule has 2 unspecified atom stereocenters. The fraction of sp³-hybridized carbons (Fsp3) is 0.750. The molecule has 2 aliphatic rings. The quantitative estimate of drug-likeness (QED) is 0.603. The van der Waals surface area contributed by atoms with Crippen LogP contribution >= 0.6 is 0 Å². The number of hydrogen-bond acceptors (Lipinski definition) is 2. The van der Waals surface area contributed by atoms with E-state index >= 15 is 0 Å². The fourth-order valence-electron chi connectivity index (χ4n) is 2.98. The summed E-state index contributed by atoms with van der Waals surface area (Å²) in [4.78, 5) is 16.1. The van der Waals surface area contributed by atoms with Crippen LogP contribution < -0.4 is 0 Å². The molecule has 0 aliphatic carbocycles. The highest BCUT2D eigenvalue weighted by Crippen LogP contribution is 2.30. The summed E-state index contributed by atoms with van der Waals surface area (Å²) in [5.41, 5.74) is 0. The third-order valence-electron chi connectivity index (χ3n) is 3.73. The summed E-state index contributed by atoms with van der Waals surface area (Å²) >= 11 is 0. The highest BCUT2D eigenvalue weighted by molar-refractivity contribution is 5.87. The molecule has 2 atom stereocenters. The number of amides is 1. The number of carbonyl (C=O) groups is 1. The van der Waals surface area contributed by atoms with Crippen LogP contribution in [0.3, 0.4) is 0 Å². The molecule has 0 aromatic rings. The van der Waals surface area contributed by atoms with Crippen LogP contribution in [0.5, 0.6) is 0 Å². The van der Waals surface area contributed by atoms with Crippen molar-refractivity contribution in [1.29, 1.82) is 0 Å². The van der Waals surface area contributed by atoms with Crippen LogP contribution in [0, 0.1) is 5.92 Å². The Morgan fingerprint density at radius 3 is 2.93 bits per heavy atom. The predicted molar refractivity (Wildman–Crippen MR) is 60.5 cm³/mol. The molecule has 3 heteroatoms. The summed E-state index contributed by atoms with van der Waals surface area (Å²) in [5.74, 6) is 0.802. The van der Waals surface area contributed by atoms with E-state index in [1.54, 1.807) is 0 Å². The van der Waals surface area contributed by atoms with E-state index in [9.17, 15) is 4.79 Å². The minimum atomic E-state index is 0.120. The summed E-state index contributed by atoms with van der Waals surface area (Å²) in [6, 6.07) is 0.473. The Kier molecular flexibility index (Phi) is 3.10. The molecule has 84 valence electrons. The summed E-state index contributed by atoms with van der Waals surface area (Å²) in [6.07, 6.45) is 5.01. The molecule has 2 aliphatic heterocycles. The second kappa shape index (κ2) is 4.35. The van der Waals surface area contributed by atoms with Gasteiger partial charge in [0, 0.05) is 19.1 Å². The van der Waals surface area contributed by atoms with Gasteiger partial charge in [-0.1, -0.05) is 6.58 Å². The molecule has 2 saturated heterocycles. The van der Waals surface area contributed by atoms with Crippen LogP contribution in [-0.2, 0) is 4.79 Å². The molecular weight excluding hydrogens is 188 g/mol. The maximum absolute atomic E-state index is 11.7. The van der Waals surface area contributed by atoms with Gasteiger partial charge in [-0.05, 0) is 44.8 Å². The first-order chi connectivity index (χ1) is 7.22. The summed E-state index contributed by atoms with van der Waals surface area (Å²) in [6.45, 7) is 6.77. The standard InChI is InChI=1S/C12H20N2O/c1-3-12(15)14-7-4-5-10-9-13(2)8-6-11(10)14/h3,10-11H,1,4-9H2,2H3. The van der Waals surface area contributed by atoms with Crippen molar-refractivity contribution in [3.8, 4) is 0 Å². The SMILES string of the molecule is C=CC(=O)N1CCCC2CN(C)CCC21. The lowest BCUT2D eigenvalue weighted by Crippen LogP contribution is -2.54. The van der Waals surface area contributed by atoms with Crippen LogP contribution in [0.4, 0.5) is 0 Å². The molecule has 2 heterocycles. The van der Waals surface area contributed by atoms with Crippen molar-refractivity contribution in [3.05, 3.63) is 12.7 Å². The van der Waals surface area contributed by atoms with Gasteiger partial charge in [0.2, 0.25) is 5.91 Å². The lowest BCUT2D eigenvalue weighted by atomic mass is 9.84. The molecular formula is C12H20N2O. The van der Waals surface area contributed by atoms with Crippen molar-refractivity contribution in [3.63, 3.8) is 0 Å². The molecule has 3 nitrogen and oxygen atoms in total. The molecule has 1 amide bonds. The Bertz CT molecular complexity index is 264. The van der Waals surface area contributed by atoms with Crippen molar-refractivity contribution < 1.29 is 4.79 Å². The van der Waals surface area contributed by atoms with Gasteiger partial charge in [-0.15, -0.1) is 0 Å². The monoisotopic (exact) mass is 208 g/mol. The molecule has 0 N–H and O–H groups in total. The zero-order valence-corrected chi connectivity index (χ0v) is 9.48. The van der Waals surface area contributed by atoms with Crippen LogP contribution in [0.2, 0.25) is 0 Å². The van der Waals surface area contributed by atoms with Gasteiger partial charge in [-0.25, -0.2) is 0 Å². The maximum atomic E-state index is 11.7. The van der Waals surface area contributed by atoms with Crippen LogP contribution in [0.15, 0.2) is 12.7 Å². The van der Waals surface area contributed by atoms with Gasteiger partial charge in [0.05, 0.1) is 0 Å². The Labute approximate surface area is 91.7 Å². The molecule has 15 heavy (non-hydrogen) atoms. The molecule has 0 bridgehead atoms. The average molecular weight is 208 g/mol. The van der Waals surface area contributed by atoms with E-state index in [1.165, 1.54) is 12.5 Å². The average Bonchev–Trinajstić information content (AvgIpc) is 2.26. The Balaban J connectivity index is 2.07. The zero-order valence-electron chi connectivity index (χ0n) is 9.48. The molecule has 0 saturated carbocycles. The van der Waals surface area contributed by atoms with Crippen molar-refractivity contribution in [2.24, 2.45) is 5.92 Å². The van der Waals surface area contributed by atoms with Gasteiger partial charge in [0.15, 0.2) is 0 Å². The lowest BCUT2D eigenvalue weighted by molar-refractivity contribution is -0.132. The lowest BCUT2D eigenvalue weighted by Gasteiger charge is -2.46. The fourth-order valence-corrected chi connectivity index (χ4v) is 2.98. The molecule has 2 fully saturated rings. The van der Waals surface area contributed by atoms with E-state index in [0.29, 0.717) is 12.0 Å². The van der Waals surface area contributed by atoms with E-state index in [-0.39, 0.29) is 5.91 Å². The van der Waals surface area contributed by atoms with Crippen molar-refractivity contribution in [1.82, 2.24) is 9.80 Å². The summed E-state index contributed by atoms with van der Waals surface area (Å²) in [7, 11) is 2.17. The van der Waals surface area contributed by atoms with Crippen molar-refractivity contribution in [2.45, 2.75) is 25.3 Å². The van der Waals surface area contributed by atoms with E-state index in [0.717, 1.165) is 32.5 Å². The molecule has 0 radical (unpaired) electrons. The van der Waals surface area contributed by atoms with Gasteiger partial charge in [-0.2, -0.15) is 0 Å². The first kappa shape index (κ1) is 10.7. The van der Waals surface area contributed by atoms with Gasteiger partial charge >= 0.3 is 0 Å². The highest BCUT2D eigenvalue weighted by Gasteiger charge is 2.36. The zero-order chi connectivity index (χ0) is 10.8. The van der Waals surface area contributed by atoms with E-state index in [4.69, 9.17) is 0 Å². The summed E-state index contributed by atoms with van der Waals surface area (Å²) in [5, 5.41) is 0. The third-order valence-corrected chi connectivity index (χ3v) is 3.73. The molecule has 2 rings (SSSR count). The Morgan fingerprint density at radius 1 is 1.40 bits per heavy atom. The number of hydrogen-bond donors (Lipinski definition) is 0. The summed E-state index contributed by atoms with van der Waals surface area (Å²) < 4.78 is 0. The van der Waals surface area contributed by atoms with Gasteiger partial charge < -0.3 is 9.80 Å². The number of likely N-dealkylation sites (tertiary alicyclic amines) is 2. The Hall–Kier alpha value is -0.830. The number of rotatable bonds is 1. The van der Waals surface area contributed by atoms with Crippen LogP contribution in [0.25, 0.3) is 0 Å². The number of nitrogens with zero attached hydrogens (tertiary/aromatic N) is 2.